The molecule has 0 aliphatic carbocycles. The van der Waals surface area contributed by atoms with E-state index in [9.17, 15) is 9.59 Å². The van der Waals surface area contributed by atoms with Crippen molar-refractivity contribution in [2.75, 3.05) is 19.6 Å². The van der Waals surface area contributed by atoms with Crippen LogP contribution in [0.15, 0.2) is 24.3 Å². The van der Waals surface area contributed by atoms with Gasteiger partial charge in [-0.1, -0.05) is 0 Å². The maximum absolute atomic E-state index is 11.8. The van der Waals surface area contributed by atoms with Gasteiger partial charge in [0.25, 0.3) is 5.91 Å². The van der Waals surface area contributed by atoms with E-state index in [1.165, 1.54) is 0 Å². The zero-order valence-electron chi connectivity index (χ0n) is 11.3. The molecule has 0 aromatic heterocycles. The fraction of sp³-hybridized carbons (Fsp3) is 0.400. The van der Waals surface area contributed by atoms with E-state index in [4.69, 9.17) is 5.26 Å². The number of rotatable bonds is 4. The molecule has 0 unspecified atom stereocenters. The lowest BCUT2D eigenvalue weighted by molar-refractivity contribution is -0.129. The highest BCUT2D eigenvalue weighted by Gasteiger charge is 2.17. The Morgan fingerprint density at radius 2 is 1.85 bits per heavy atom. The van der Waals surface area contributed by atoms with Crippen molar-refractivity contribution >= 4 is 11.8 Å². The molecule has 1 aliphatic heterocycles. The Hall–Kier alpha value is -2.35. The first-order valence-corrected chi connectivity index (χ1v) is 6.77. The number of hydrogen-bond donors (Lipinski definition) is 1. The molecule has 1 N–H and O–H groups in total. The van der Waals surface area contributed by atoms with Gasteiger partial charge in [0.2, 0.25) is 5.91 Å². The third-order valence-corrected chi connectivity index (χ3v) is 3.36. The average molecular weight is 271 g/mol. The van der Waals surface area contributed by atoms with Crippen molar-refractivity contribution in [1.82, 2.24) is 10.2 Å². The summed E-state index contributed by atoms with van der Waals surface area (Å²) in [6.07, 6.45) is 2.48. The number of benzene rings is 1. The first-order valence-electron chi connectivity index (χ1n) is 6.77. The van der Waals surface area contributed by atoms with E-state index < -0.39 is 0 Å². The Bertz CT molecular complexity index is 525. The number of amides is 2. The molecular weight excluding hydrogens is 254 g/mol. The molecule has 0 atom stereocenters. The summed E-state index contributed by atoms with van der Waals surface area (Å²) in [4.78, 5) is 25.5. The Labute approximate surface area is 118 Å². The van der Waals surface area contributed by atoms with Gasteiger partial charge in [-0.25, -0.2) is 0 Å². The molecule has 1 saturated heterocycles. The van der Waals surface area contributed by atoms with E-state index in [1.54, 1.807) is 24.3 Å². The van der Waals surface area contributed by atoms with Crippen molar-refractivity contribution in [2.24, 2.45) is 0 Å². The second kappa shape index (κ2) is 6.71. The Kier molecular flexibility index (Phi) is 4.72. The van der Waals surface area contributed by atoms with Gasteiger partial charge in [0.1, 0.15) is 0 Å². The quantitative estimate of drug-likeness (QED) is 0.897. The molecule has 1 heterocycles. The van der Waals surface area contributed by atoms with Crippen LogP contribution in [0.3, 0.4) is 0 Å². The molecule has 5 heteroatoms. The van der Waals surface area contributed by atoms with Gasteiger partial charge < -0.3 is 10.2 Å². The monoisotopic (exact) mass is 271 g/mol. The van der Waals surface area contributed by atoms with E-state index in [0.717, 1.165) is 25.9 Å². The summed E-state index contributed by atoms with van der Waals surface area (Å²) in [7, 11) is 0. The maximum Gasteiger partial charge on any atom is 0.251 e. The van der Waals surface area contributed by atoms with Gasteiger partial charge in [-0.3, -0.25) is 9.59 Å². The lowest BCUT2D eigenvalue weighted by Gasteiger charge is -2.15. The number of carbonyl (C=O) groups excluding carboxylic acids is 2. The molecule has 2 rings (SSSR count). The van der Waals surface area contributed by atoms with Crippen LogP contribution in [0, 0.1) is 11.3 Å². The molecular formula is C15H17N3O2. The fourth-order valence-electron chi connectivity index (χ4n) is 2.21. The fourth-order valence-corrected chi connectivity index (χ4v) is 2.21. The summed E-state index contributed by atoms with van der Waals surface area (Å²) in [5.41, 5.74) is 1.02. The summed E-state index contributed by atoms with van der Waals surface area (Å²) in [6.45, 7) is 2.01. The van der Waals surface area contributed by atoms with Crippen LogP contribution in [0.2, 0.25) is 0 Å². The smallest absolute Gasteiger partial charge is 0.251 e. The van der Waals surface area contributed by atoms with Crippen LogP contribution in [-0.2, 0) is 4.79 Å². The number of hydrogen-bond acceptors (Lipinski definition) is 3. The van der Waals surface area contributed by atoms with Crippen LogP contribution in [0.4, 0.5) is 0 Å². The molecule has 0 saturated carbocycles. The van der Waals surface area contributed by atoms with E-state index in [1.807, 2.05) is 11.0 Å². The largest absolute Gasteiger partial charge is 0.352 e. The zero-order chi connectivity index (χ0) is 14.4. The van der Waals surface area contributed by atoms with E-state index in [0.29, 0.717) is 24.1 Å². The molecule has 1 fully saturated rings. The third-order valence-electron chi connectivity index (χ3n) is 3.36. The normalized spacial score (nSPS) is 13.8. The summed E-state index contributed by atoms with van der Waals surface area (Å²) in [5, 5.41) is 11.4. The number of nitrogens with one attached hydrogen (secondary N) is 1. The predicted molar refractivity (Wildman–Crippen MR) is 73.9 cm³/mol. The number of nitriles is 1. The van der Waals surface area contributed by atoms with Gasteiger partial charge in [0, 0.05) is 31.6 Å². The van der Waals surface area contributed by atoms with Crippen molar-refractivity contribution in [3.05, 3.63) is 35.4 Å². The maximum atomic E-state index is 11.8. The first kappa shape index (κ1) is 14.1. The third kappa shape index (κ3) is 3.58. The molecule has 104 valence electrons. The van der Waals surface area contributed by atoms with E-state index in [-0.39, 0.29) is 11.8 Å². The second-order valence-corrected chi connectivity index (χ2v) is 4.78. The lowest BCUT2D eigenvalue weighted by atomic mass is 10.1. The molecule has 1 aromatic carbocycles. The summed E-state index contributed by atoms with van der Waals surface area (Å²) in [5.74, 6) is -0.119. The highest BCUT2D eigenvalue weighted by Crippen LogP contribution is 2.08. The van der Waals surface area contributed by atoms with Crippen molar-refractivity contribution in [3.8, 4) is 6.07 Å². The number of carbonyl (C=O) groups is 2. The van der Waals surface area contributed by atoms with Gasteiger partial charge in [-0.05, 0) is 37.1 Å². The molecule has 0 radical (unpaired) electrons. The molecule has 5 nitrogen and oxygen atoms in total. The Balaban J connectivity index is 1.77. The Morgan fingerprint density at radius 1 is 1.20 bits per heavy atom. The molecule has 20 heavy (non-hydrogen) atoms. The summed E-state index contributed by atoms with van der Waals surface area (Å²) >= 11 is 0. The highest BCUT2D eigenvalue weighted by molar-refractivity contribution is 5.94. The molecule has 0 spiro atoms. The van der Waals surface area contributed by atoms with Crippen LogP contribution in [0.1, 0.15) is 35.2 Å². The Morgan fingerprint density at radius 3 is 2.45 bits per heavy atom. The van der Waals surface area contributed by atoms with Crippen molar-refractivity contribution < 1.29 is 9.59 Å². The van der Waals surface area contributed by atoms with Gasteiger partial charge >= 0.3 is 0 Å². The molecule has 1 aliphatic rings. The van der Waals surface area contributed by atoms with Gasteiger partial charge in [-0.15, -0.1) is 0 Å². The van der Waals surface area contributed by atoms with Gasteiger partial charge in [0.05, 0.1) is 11.6 Å². The minimum Gasteiger partial charge on any atom is -0.352 e. The average Bonchev–Trinajstić information content (AvgIpc) is 3.01. The number of likely N-dealkylation sites (tertiary alicyclic amines) is 1. The van der Waals surface area contributed by atoms with E-state index in [2.05, 4.69) is 5.32 Å². The van der Waals surface area contributed by atoms with Gasteiger partial charge in [0.15, 0.2) is 0 Å². The minimum absolute atomic E-state index is 0.0997. The van der Waals surface area contributed by atoms with Crippen LogP contribution in [0.5, 0.6) is 0 Å². The van der Waals surface area contributed by atoms with Crippen LogP contribution in [-0.4, -0.2) is 36.3 Å². The molecule has 0 bridgehead atoms. The van der Waals surface area contributed by atoms with Gasteiger partial charge in [-0.2, -0.15) is 5.26 Å². The second-order valence-electron chi connectivity index (χ2n) is 4.78. The zero-order valence-corrected chi connectivity index (χ0v) is 11.3. The summed E-state index contributed by atoms with van der Waals surface area (Å²) < 4.78 is 0. The molecule has 1 aromatic rings. The predicted octanol–water partition coefficient (Wildman–Crippen LogP) is 1.30. The van der Waals surface area contributed by atoms with Crippen LogP contribution < -0.4 is 5.32 Å². The topological polar surface area (TPSA) is 73.2 Å². The minimum atomic E-state index is -0.219. The SMILES string of the molecule is N#Cc1ccc(C(=O)NCCC(=O)N2CCCC2)cc1. The van der Waals surface area contributed by atoms with Crippen LogP contribution >= 0.6 is 0 Å². The van der Waals surface area contributed by atoms with E-state index >= 15 is 0 Å². The highest BCUT2D eigenvalue weighted by atomic mass is 16.2. The lowest BCUT2D eigenvalue weighted by Crippen LogP contribution is -2.32. The number of nitrogens with zero attached hydrogens (tertiary/aromatic N) is 2. The van der Waals surface area contributed by atoms with Crippen molar-refractivity contribution in [1.29, 1.82) is 5.26 Å². The first-order chi connectivity index (χ1) is 9.70. The molecule has 2 amide bonds. The van der Waals surface area contributed by atoms with Crippen molar-refractivity contribution in [3.63, 3.8) is 0 Å². The standard InChI is InChI=1S/C15H17N3O2/c16-11-12-3-5-13(6-4-12)15(20)17-8-7-14(19)18-9-1-2-10-18/h3-6H,1-2,7-10H2,(H,17,20). The van der Waals surface area contributed by atoms with Crippen molar-refractivity contribution in [2.45, 2.75) is 19.3 Å². The van der Waals surface area contributed by atoms with Crippen LogP contribution in [0.25, 0.3) is 0 Å². The summed E-state index contributed by atoms with van der Waals surface area (Å²) in [6, 6.07) is 8.42.